The zero-order valence-electron chi connectivity index (χ0n) is 22.1. The largest absolute Gasteiger partial charge is 0.507 e. The molecule has 2 saturated carbocycles. The number of unbranched alkanes of at least 4 members (excludes halogenated alkanes) is 2. The van der Waals surface area contributed by atoms with Gasteiger partial charge in [0.1, 0.15) is 17.6 Å². The number of allylic oxidation sites excluding steroid dienone is 1. The Labute approximate surface area is 215 Å². The van der Waals surface area contributed by atoms with Gasteiger partial charge in [-0.05, 0) is 88.0 Å². The highest BCUT2D eigenvalue weighted by Crippen LogP contribution is 2.46. The van der Waals surface area contributed by atoms with Crippen molar-refractivity contribution in [2.45, 2.75) is 104 Å². The van der Waals surface area contributed by atoms with E-state index >= 15 is 0 Å². The normalized spacial score (nSPS) is 15.8. The lowest BCUT2D eigenvalue weighted by atomic mass is 9.89. The SMILES string of the molecule is C=C(C)c1ccc(C)cc1-c1c(O)cc(CCCCC)c(CN(C(=O)OC2CCCC2)C2CC2)c1O. The predicted octanol–water partition coefficient (Wildman–Crippen LogP) is 7.88. The Balaban J connectivity index is 1.76. The van der Waals surface area contributed by atoms with Crippen LogP contribution >= 0.6 is 0 Å². The van der Waals surface area contributed by atoms with Gasteiger partial charge in [-0.1, -0.05) is 55.7 Å². The maximum atomic E-state index is 13.2. The molecular weight excluding hydrogens is 450 g/mol. The molecule has 0 aliphatic heterocycles. The molecule has 4 rings (SSSR count). The smallest absolute Gasteiger partial charge is 0.410 e. The van der Waals surface area contributed by atoms with Crippen molar-refractivity contribution in [1.29, 1.82) is 0 Å². The number of phenols is 2. The third-order valence-corrected chi connectivity index (χ3v) is 7.55. The van der Waals surface area contributed by atoms with Crippen LogP contribution in [0.4, 0.5) is 4.79 Å². The highest BCUT2D eigenvalue weighted by Gasteiger charge is 2.36. The van der Waals surface area contributed by atoms with Crippen LogP contribution < -0.4 is 0 Å². The van der Waals surface area contributed by atoms with Crippen LogP contribution in [0.2, 0.25) is 0 Å². The Morgan fingerprint density at radius 1 is 1.11 bits per heavy atom. The van der Waals surface area contributed by atoms with Gasteiger partial charge in [-0.3, -0.25) is 0 Å². The van der Waals surface area contributed by atoms with Crippen LogP contribution in [0.5, 0.6) is 11.5 Å². The Bertz CT molecular complexity index is 1110. The first kappa shape index (κ1) is 26.1. The van der Waals surface area contributed by atoms with Crippen LogP contribution in [-0.2, 0) is 17.7 Å². The first-order valence-electron chi connectivity index (χ1n) is 13.6. The van der Waals surface area contributed by atoms with Crippen molar-refractivity contribution in [3.63, 3.8) is 0 Å². The van der Waals surface area contributed by atoms with Crippen LogP contribution in [0.15, 0.2) is 30.8 Å². The standard InChI is InChI=1S/C31H41NO4/c1-5-6-7-10-22-18-28(33)29(26-17-21(4)13-16-25(26)20(2)3)30(34)27(22)19-32(23-14-15-23)31(35)36-24-11-8-9-12-24/h13,16-18,23-24,33-34H,2,5-12,14-15,19H2,1,3-4H3. The van der Waals surface area contributed by atoms with Gasteiger partial charge in [0.25, 0.3) is 0 Å². The van der Waals surface area contributed by atoms with Gasteiger partial charge in [0, 0.05) is 11.6 Å². The lowest BCUT2D eigenvalue weighted by Crippen LogP contribution is -2.35. The number of aryl methyl sites for hydroxylation is 2. The molecule has 5 nitrogen and oxygen atoms in total. The molecule has 0 unspecified atom stereocenters. The number of carbonyl (C=O) groups excluding carboxylic acids is 1. The number of hydrogen-bond acceptors (Lipinski definition) is 4. The molecule has 1 amide bonds. The Morgan fingerprint density at radius 3 is 2.47 bits per heavy atom. The molecule has 2 aliphatic rings. The lowest BCUT2D eigenvalue weighted by molar-refractivity contribution is 0.0608. The van der Waals surface area contributed by atoms with Gasteiger partial charge in [-0.25, -0.2) is 4.79 Å². The van der Waals surface area contributed by atoms with Crippen LogP contribution in [0.1, 0.15) is 93.9 Å². The molecule has 0 atom stereocenters. The molecule has 2 aliphatic carbocycles. The third kappa shape index (κ3) is 5.88. The second kappa shape index (κ2) is 11.4. The fourth-order valence-corrected chi connectivity index (χ4v) is 5.33. The Hall–Kier alpha value is -2.95. The summed E-state index contributed by atoms with van der Waals surface area (Å²) in [5.41, 5.74) is 5.54. The van der Waals surface area contributed by atoms with Crippen molar-refractivity contribution >= 4 is 11.7 Å². The van der Waals surface area contributed by atoms with Crippen molar-refractivity contribution < 1.29 is 19.7 Å². The summed E-state index contributed by atoms with van der Waals surface area (Å²) in [4.78, 5) is 15.0. The van der Waals surface area contributed by atoms with E-state index in [1.54, 1.807) is 11.0 Å². The van der Waals surface area contributed by atoms with E-state index in [9.17, 15) is 15.0 Å². The minimum Gasteiger partial charge on any atom is -0.507 e. The van der Waals surface area contributed by atoms with Crippen LogP contribution in [-0.4, -0.2) is 33.4 Å². The number of carbonyl (C=O) groups is 1. The minimum atomic E-state index is -0.281. The number of ether oxygens (including phenoxy) is 1. The summed E-state index contributed by atoms with van der Waals surface area (Å²) in [5, 5.41) is 22.9. The Kier molecular flexibility index (Phi) is 8.28. The molecule has 0 radical (unpaired) electrons. The minimum absolute atomic E-state index is 0.00262. The maximum absolute atomic E-state index is 13.2. The van der Waals surface area contributed by atoms with Gasteiger partial charge < -0.3 is 19.8 Å². The average Bonchev–Trinajstić information content (AvgIpc) is 3.54. The number of phenolic OH excluding ortho intramolecular Hbond substituents is 2. The number of amides is 1. The summed E-state index contributed by atoms with van der Waals surface area (Å²) < 4.78 is 5.87. The van der Waals surface area contributed by atoms with E-state index in [0.717, 1.165) is 92.0 Å². The second-order valence-electron chi connectivity index (χ2n) is 10.7. The fourth-order valence-electron chi connectivity index (χ4n) is 5.33. The zero-order valence-corrected chi connectivity index (χ0v) is 22.1. The van der Waals surface area contributed by atoms with Gasteiger partial charge in [-0.15, -0.1) is 0 Å². The van der Waals surface area contributed by atoms with Gasteiger partial charge in [0.2, 0.25) is 0 Å². The van der Waals surface area contributed by atoms with E-state index in [4.69, 9.17) is 4.74 Å². The monoisotopic (exact) mass is 491 g/mol. The number of rotatable bonds is 10. The first-order valence-corrected chi connectivity index (χ1v) is 13.6. The molecule has 0 bridgehead atoms. The molecule has 2 aromatic carbocycles. The first-order chi connectivity index (χ1) is 17.3. The number of hydrogen-bond donors (Lipinski definition) is 2. The molecule has 36 heavy (non-hydrogen) atoms. The Morgan fingerprint density at radius 2 is 1.83 bits per heavy atom. The molecule has 0 aromatic heterocycles. The van der Waals surface area contributed by atoms with E-state index in [1.807, 2.05) is 32.0 Å². The van der Waals surface area contributed by atoms with Gasteiger partial charge in [0.05, 0.1) is 12.1 Å². The van der Waals surface area contributed by atoms with Crippen molar-refractivity contribution in [2.24, 2.45) is 0 Å². The van der Waals surface area contributed by atoms with Crippen LogP contribution in [0.25, 0.3) is 16.7 Å². The van der Waals surface area contributed by atoms with E-state index in [2.05, 4.69) is 13.5 Å². The number of nitrogens with zero attached hydrogens (tertiary/aromatic N) is 1. The van der Waals surface area contributed by atoms with E-state index in [0.29, 0.717) is 11.1 Å². The zero-order chi connectivity index (χ0) is 25.8. The van der Waals surface area contributed by atoms with E-state index in [-0.39, 0.29) is 36.3 Å². The molecule has 0 saturated heterocycles. The summed E-state index contributed by atoms with van der Waals surface area (Å²) in [6, 6.07) is 7.90. The second-order valence-corrected chi connectivity index (χ2v) is 10.7. The predicted molar refractivity (Wildman–Crippen MR) is 145 cm³/mol. The molecule has 194 valence electrons. The van der Waals surface area contributed by atoms with E-state index in [1.165, 1.54) is 0 Å². The summed E-state index contributed by atoms with van der Waals surface area (Å²) in [6.45, 7) is 10.5. The molecule has 2 fully saturated rings. The van der Waals surface area contributed by atoms with Gasteiger partial charge >= 0.3 is 6.09 Å². The maximum Gasteiger partial charge on any atom is 0.410 e. The number of benzene rings is 2. The van der Waals surface area contributed by atoms with Crippen molar-refractivity contribution in [3.05, 3.63) is 53.1 Å². The van der Waals surface area contributed by atoms with Crippen LogP contribution in [0, 0.1) is 6.92 Å². The van der Waals surface area contributed by atoms with Crippen molar-refractivity contribution in [3.8, 4) is 22.6 Å². The quantitative estimate of drug-likeness (QED) is 0.332. The van der Waals surface area contributed by atoms with Crippen molar-refractivity contribution in [1.82, 2.24) is 4.90 Å². The van der Waals surface area contributed by atoms with Crippen molar-refractivity contribution in [2.75, 3.05) is 0 Å². The highest BCUT2D eigenvalue weighted by molar-refractivity contribution is 5.87. The van der Waals surface area contributed by atoms with E-state index < -0.39 is 0 Å². The van der Waals surface area contributed by atoms with Crippen LogP contribution in [0.3, 0.4) is 0 Å². The summed E-state index contributed by atoms with van der Waals surface area (Å²) in [6.07, 6.45) is 9.53. The molecule has 0 heterocycles. The highest BCUT2D eigenvalue weighted by atomic mass is 16.6. The average molecular weight is 492 g/mol. The number of aromatic hydroxyl groups is 2. The summed E-state index contributed by atoms with van der Waals surface area (Å²) in [5.74, 6) is 0.108. The molecule has 5 heteroatoms. The lowest BCUT2D eigenvalue weighted by Gasteiger charge is -2.27. The summed E-state index contributed by atoms with van der Waals surface area (Å²) in [7, 11) is 0. The molecule has 2 N–H and O–H groups in total. The molecular formula is C31H41NO4. The van der Waals surface area contributed by atoms with Gasteiger partial charge in [0.15, 0.2) is 0 Å². The third-order valence-electron chi connectivity index (χ3n) is 7.55. The molecule has 2 aromatic rings. The summed E-state index contributed by atoms with van der Waals surface area (Å²) >= 11 is 0. The van der Waals surface area contributed by atoms with Gasteiger partial charge in [-0.2, -0.15) is 0 Å². The fraction of sp³-hybridized carbons (Fsp3) is 0.516. The topological polar surface area (TPSA) is 70.0 Å². The molecule has 0 spiro atoms.